The zero-order valence-corrected chi connectivity index (χ0v) is 17.6. The Morgan fingerprint density at radius 1 is 0.968 bits per heavy atom. The van der Waals surface area contributed by atoms with Crippen molar-refractivity contribution in [2.75, 3.05) is 0 Å². The molecule has 5 rings (SSSR count). The highest BCUT2D eigenvalue weighted by molar-refractivity contribution is 6.05. The maximum absolute atomic E-state index is 14.1. The fourth-order valence-corrected chi connectivity index (χ4v) is 3.94. The minimum atomic E-state index is -0.372. The zero-order chi connectivity index (χ0) is 21.7. The van der Waals surface area contributed by atoms with Gasteiger partial charge in [0, 0.05) is 6.54 Å². The smallest absolute Gasteiger partial charge is 0.265 e. The lowest BCUT2D eigenvalue weighted by molar-refractivity contribution is 0.498. The van der Waals surface area contributed by atoms with Gasteiger partial charge in [-0.15, -0.1) is 0 Å². The molecule has 6 nitrogen and oxygen atoms in total. The number of rotatable bonds is 4. The molecule has 0 aliphatic rings. The maximum Gasteiger partial charge on any atom is 0.265 e. The van der Waals surface area contributed by atoms with Crippen molar-refractivity contribution in [1.82, 2.24) is 24.1 Å². The highest BCUT2D eigenvalue weighted by atomic mass is 19.1. The van der Waals surface area contributed by atoms with Crippen LogP contribution in [0.4, 0.5) is 4.39 Å². The monoisotopic (exact) mass is 415 g/mol. The molecule has 0 bridgehead atoms. The third kappa shape index (κ3) is 3.17. The van der Waals surface area contributed by atoms with Crippen LogP contribution in [-0.4, -0.2) is 24.1 Å². The predicted octanol–water partition coefficient (Wildman–Crippen LogP) is 4.78. The summed E-state index contributed by atoms with van der Waals surface area (Å²) in [7, 11) is 0. The molecule has 0 amide bonds. The van der Waals surface area contributed by atoms with Gasteiger partial charge in [0.05, 0.1) is 16.7 Å². The molecular weight excluding hydrogens is 393 g/mol. The number of aryl methyl sites for hydroxylation is 1. The second kappa shape index (κ2) is 7.27. The Hall–Kier alpha value is -3.61. The van der Waals surface area contributed by atoms with Crippen molar-refractivity contribution in [3.63, 3.8) is 0 Å². The quantitative estimate of drug-likeness (QED) is 0.424. The Morgan fingerprint density at radius 3 is 2.42 bits per heavy atom. The van der Waals surface area contributed by atoms with E-state index < -0.39 is 0 Å². The van der Waals surface area contributed by atoms with Crippen molar-refractivity contribution in [3.05, 3.63) is 70.5 Å². The van der Waals surface area contributed by atoms with Crippen molar-refractivity contribution in [1.29, 1.82) is 0 Å². The summed E-state index contributed by atoms with van der Waals surface area (Å²) in [5, 5.41) is 0.409. The summed E-state index contributed by atoms with van der Waals surface area (Å²) in [4.78, 5) is 27.9. The van der Waals surface area contributed by atoms with Crippen molar-refractivity contribution in [3.8, 4) is 5.69 Å². The van der Waals surface area contributed by atoms with E-state index >= 15 is 0 Å². The number of benzene rings is 2. The summed E-state index contributed by atoms with van der Waals surface area (Å²) in [5.74, 6) is 0.700. The fraction of sp³-hybridized carbons (Fsp3) is 0.250. The van der Waals surface area contributed by atoms with Crippen LogP contribution in [0.2, 0.25) is 0 Å². The Morgan fingerprint density at radius 2 is 1.71 bits per heavy atom. The Balaban J connectivity index is 1.94. The van der Waals surface area contributed by atoms with E-state index in [0.717, 1.165) is 6.42 Å². The summed E-state index contributed by atoms with van der Waals surface area (Å²) in [6.07, 6.45) is 0.866. The number of nitrogens with zero attached hydrogens (tertiary/aromatic N) is 5. The lowest BCUT2D eigenvalue weighted by Crippen LogP contribution is -2.24. The van der Waals surface area contributed by atoms with E-state index in [1.54, 1.807) is 21.3 Å². The van der Waals surface area contributed by atoms with E-state index in [0.29, 0.717) is 57.2 Å². The zero-order valence-electron chi connectivity index (χ0n) is 17.6. The molecule has 5 aromatic rings. The Bertz CT molecular complexity index is 1520. The first-order chi connectivity index (χ1) is 14.9. The van der Waals surface area contributed by atoms with Crippen LogP contribution in [0, 0.1) is 18.7 Å². The van der Waals surface area contributed by atoms with Gasteiger partial charge < -0.3 is 0 Å². The molecule has 0 atom stereocenters. The van der Waals surface area contributed by atoms with Crippen LogP contribution >= 0.6 is 0 Å². The average molecular weight is 415 g/mol. The predicted molar refractivity (Wildman–Crippen MR) is 120 cm³/mol. The van der Waals surface area contributed by atoms with E-state index in [4.69, 9.17) is 15.0 Å². The largest absolute Gasteiger partial charge is 0.296 e. The molecular formula is C24H22FN5O. The molecule has 3 heterocycles. The number of hydrogen-bond donors (Lipinski definition) is 0. The number of fused-ring (bicyclic) bond motifs is 4. The van der Waals surface area contributed by atoms with Crippen LogP contribution in [-0.2, 0) is 6.54 Å². The van der Waals surface area contributed by atoms with Gasteiger partial charge in [-0.05, 0) is 49.6 Å². The fourth-order valence-electron chi connectivity index (χ4n) is 3.94. The average Bonchev–Trinajstić information content (AvgIpc) is 3.04. The van der Waals surface area contributed by atoms with Crippen molar-refractivity contribution < 1.29 is 4.39 Å². The van der Waals surface area contributed by atoms with Gasteiger partial charge in [-0.2, -0.15) is 0 Å². The summed E-state index contributed by atoms with van der Waals surface area (Å²) in [6.45, 7) is 6.66. The number of hydrogen-bond acceptors (Lipinski definition) is 4. The second-order valence-electron chi connectivity index (χ2n) is 8.20. The van der Waals surface area contributed by atoms with Gasteiger partial charge >= 0.3 is 0 Å². The van der Waals surface area contributed by atoms with Gasteiger partial charge in [-0.25, -0.2) is 19.3 Å². The maximum atomic E-state index is 14.1. The van der Waals surface area contributed by atoms with Gasteiger partial charge in [-0.1, -0.05) is 32.0 Å². The van der Waals surface area contributed by atoms with Crippen LogP contribution in [0.15, 0.2) is 53.3 Å². The van der Waals surface area contributed by atoms with Crippen LogP contribution in [0.1, 0.15) is 26.1 Å². The standard InChI is InChI=1S/C24H22FN5O/c1-14(2)11-12-29-15(3)26-22-20(24(29)31)21-23(28-19-10-5-4-9-18(19)27-21)30(22)17-8-6-7-16(25)13-17/h4-10,13-14H,11-12H2,1-3H3. The molecule has 7 heteroatoms. The third-order valence-corrected chi connectivity index (χ3v) is 5.55. The lowest BCUT2D eigenvalue weighted by Gasteiger charge is -2.12. The van der Waals surface area contributed by atoms with E-state index in [9.17, 15) is 9.18 Å². The first-order valence-corrected chi connectivity index (χ1v) is 10.4. The first-order valence-electron chi connectivity index (χ1n) is 10.4. The molecule has 2 aromatic carbocycles. The molecule has 0 spiro atoms. The van der Waals surface area contributed by atoms with Crippen LogP contribution in [0.25, 0.3) is 38.9 Å². The van der Waals surface area contributed by atoms with Gasteiger partial charge in [0.25, 0.3) is 5.56 Å². The normalized spacial score (nSPS) is 11.9. The first kappa shape index (κ1) is 19.4. The summed E-state index contributed by atoms with van der Waals surface area (Å²) >= 11 is 0. The second-order valence-corrected chi connectivity index (χ2v) is 8.20. The number of aromatic nitrogens is 5. The van der Waals surface area contributed by atoms with E-state index in [1.807, 2.05) is 31.2 Å². The minimum absolute atomic E-state index is 0.145. The molecule has 0 N–H and O–H groups in total. The molecule has 156 valence electrons. The van der Waals surface area contributed by atoms with Crippen molar-refractivity contribution in [2.45, 2.75) is 33.7 Å². The van der Waals surface area contributed by atoms with Gasteiger partial charge in [-0.3, -0.25) is 13.9 Å². The molecule has 0 saturated heterocycles. The lowest BCUT2D eigenvalue weighted by atomic mass is 10.1. The topological polar surface area (TPSA) is 65.6 Å². The van der Waals surface area contributed by atoms with Crippen molar-refractivity contribution >= 4 is 33.2 Å². The molecule has 0 radical (unpaired) electrons. The summed E-state index contributed by atoms with van der Waals surface area (Å²) in [6, 6.07) is 13.7. The van der Waals surface area contributed by atoms with Crippen LogP contribution in [0.5, 0.6) is 0 Å². The molecule has 3 aromatic heterocycles. The highest BCUT2D eigenvalue weighted by Gasteiger charge is 2.22. The number of para-hydroxylation sites is 2. The summed E-state index contributed by atoms with van der Waals surface area (Å²) in [5.41, 5.74) is 3.22. The van der Waals surface area contributed by atoms with E-state index in [1.165, 1.54) is 12.1 Å². The highest BCUT2D eigenvalue weighted by Crippen LogP contribution is 2.29. The SMILES string of the molecule is Cc1nc2c(c(=O)n1CCC(C)C)c1nc3ccccc3nc1n2-c1cccc(F)c1. The molecule has 0 saturated carbocycles. The number of halogens is 1. The van der Waals surface area contributed by atoms with Gasteiger partial charge in [0.15, 0.2) is 11.3 Å². The van der Waals surface area contributed by atoms with E-state index in [2.05, 4.69) is 13.8 Å². The van der Waals surface area contributed by atoms with Crippen LogP contribution < -0.4 is 5.56 Å². The molecule has 0 aliphatic heterocycles. The van der Waals surface area contributed by atoms with Gasteiger partial charge in [0.1, 0.15) is 22.5 Å². The molecule has 31 heavy (non-hydrogen) atoms. The molecule has 0 fully saturated rings. The minimum Gasteiger partial charge on any atom is -0.296 e. The van der Waals surface area contributed by atoms with Crippen LogP contribution in [0.3, 0.4) is 0 Å². The molecule has 0 unspecified atom stereocenters. The van der Waals surface area contributed by atoms with Crippen molar-refractivity contribution in [2.24, 2.45) is 5.92 Å². The van der Waals surface area contributed by atoms with Gasteiger partial charge in [0.2, 0.25) is 0 Å². The van der Waals surface area contributed by atoms with E-state index in [-0.39, 0.29) is 11.4 Å². The Labute approximate surface area is 178 Å². The Kier molecular flexibility index (Phi) is 4.54. The third-order valence-electron chi connectivity index (χ3n) is 5.55. The summed E-state index contributed by atoms with van der Waals surface area (Å²) < 4.78 is 17.5. The molecule has 0 aliphatic carbocycles.